The van der Waals surface area contributed by atoms with Crippen molar-refractivity contribution in [1.82, 2.24) is 0 Å². The van der Waals surface area contributed by atoms with Crippen molar-refractivity contribution in [1.29, 1.82) is 0 Å². The van der Waals surface area contributed by atoms with Crippen molar-refractivity contribution < 1.29 is 23.8 Å². The molecular weight excluding hydrogens is 370 g/mol. The Labute approximate surface area is 170 Å². The Morgan fingerprint density at radius 3 is 2.66 bits per heavy atom. The van der Waals surface area contributed by atoms with Crippen LogP contribution in [0.1, 0.15) is 46.8 Å². The maximum atomic E-state index is 12.0. The van der Waals surface area contributed by atoms with Crippen LogP contribution in [0, 0.1) is 6.92 Å². The van der Waals surface area contributed by atoms with Gasteiger partial charge in [0.15, 0.2) is 0 Å². The van der Waals surface area contributed by atoms with Gasteiger partial charge in [0.25, 0.3) is 0 Å². The molecule has 2 aromatic carbocycles. The maximum Gasteiger partial charge on any atom is 0.341 e. The van der Waals surface area contributed by atoms with Crippen LogP contribution >= 0.6 is 0 Å². The number of esters is 2. The first-order valence-electron chi connectivity index (χ1n) is 9.48. The first-order chi connectivity index (χ1) is 13.9. The Morgan fingerprint density at radius 1 is 1.24 bits per heavy atom. The summed E-state index contributed by atoms with van der Waals surface area (Å²) in [7, 11) is 1.59. The molecule has 1 aliphatic heterocycles. The van der Waals surface area contributed by atoms with Gasteiger partial charge in [-0.25, -0.2) is 4.79 Å². The molecule has 0 bridgehead atoms. The van der Waals surface area contributed by atoms with Gasteiger partial charge in [-0.3, -0.25) is 4.79 Å². The van der Waals surface area contributed by atoms with Gasteiger partial charge in [-0.2, -0.15) is 0 Å². The van der Waals surface area contributed by atoms with Crippen LogP contribution in [0.3, 0.4) is 0 Å². The van der Waals surface area contributed by atoms with E-state index in [9.17, 15) is 9.59 Å². The molecule has 2 aromatic rings. The number of ether oxygens (including phenoxy) is 3. The molecule has 0 aromatic heterocycles. The minimum atomic E-state index is -0.395. The molecule has 0 atom stereocenters. The molecule has 6 heteroatoms. The third-order valence-corrected chi connectivity index (χ3v) is 5.07. The van der Waals surface area contributed by atoms with Crippen LogP contribution in [0.4, 0.5) is 5.69 Å². The molecule has 0 saturated heterocycles. The Balaban J connectivity index is 1.69. The summed E-state index contributed by atoms with van der Waals surface area (Å²) in [5, 5.41) is 0. The van der Waals surface area contributed by atoms with E-state index in [4.69, 9.17) is 19.9 Å². The molecule has 0 unspecified atom stereocenters. The number of rotatable bonds is 7. The first kappa shape index (κ1) is 20.5. The van der Waals surface area contributed by atoms with Gasteiger partial charge >= 0.3 is 11.9 Å². The number of hydrogen-bond donors (Lipinski definition) is 1. The second-order valence-corrected chi connectivity index (χ2v) is 7.02. The minimum Gasteiger partial charge on any atom is -0.496 e. The highest BCUT2D eigenvalue weighted by molar-refractivity contribution is 6.00. The highest BCUT2D eigenvalue weighted by Crippen LogP contribution is 2.39. The summed E-state index contributed by atoms with van der Waals surface area (Å²) in [6, 6.07) is 9.00. The van der Waals surface area contributed by atoms with Crippen molar-refractivity contribution in [3.05, 3.63) is 64.2 Å². The van der Waals surface area contributed by atoms with Crippen LogP contribution < -0.4 is 15.2 Å². The fraction of sp³-hybridized carbons (Fsp3) is 0.304. The zero-order valence-corrected chi connectivity index (χ0v) is 16.9. The van der Waals surface area contributed by atoms with Gasteiger partial charge in [0.1, 0.15) is 18.1 Å². The molecule has 2 N–H and O–H groups in total. The van der Waals surface area contributed by atoms with Crippen LogP contribution in [-0.2, 0) is 22.6 Å². The van der Waals surface area contributed by atoms with E-state index in [1.165, 1.54) is 0 Å². The molecular formula is C23H25NO5. The molecule has 6 nitrogen and oxygen atoms in total. The molecule has 0 spiro atoms. The van der Waals surface area contributed by atoms with Gasteiger partial charge in [-0.1, -0.05) is 29.8 Å². The third kappa shape index (κ3) is 4.42. The number of para-hydroxylation sites is 1. The zero-order chi connectivity index (χ0) is 21.0. The Bertz CT molecular complexity index is 963. The number of cyclic esters (lactones) is 1. The largest absolute Gasteiger partial charge is 0.496 e. The smallest absolute Gasteiger partial charge is 0.341 e. The first-order valence-corrected chi connectivity index (χ1v) is 9.48. The van der Waals surface area contributed by atoms with E-state index >= 15 is 0 Å². The van der Waals surface area contributed by atoms with Crippen LogP contribution in [0.15, 0.2) is 42.0 Å². The van der Waals surface area contributed by atoms with Crippen molar-refractivity contribution in [3.8, 4) is 11.5 Å². The number of carbonyl (C=O) groups excluding carboxylic acids is 2. The van der Waals surface area contributed by atoms with Crippen molar-refractivity contribution in [2.75, 3.05) is 12.8 Å². The quantitative estimate of drug-likeness (QED) is 0.328. The summed E-state index contributed by atoms with van der Waals surface area (Å²) < 4.78 is 16.0. The fourth-order valence-electron chi connectivity index (χ4n) is 3.44. The Morgan fingerprint density at radius 2 is 1.97 bits per heavy atom. The SMILES string of the molecule is COc1c(C)c2c(c(N)c1CC=C(C)CCC(=O)Oc1ccccc1)C(=O)OC2. The Kier molecular flexibility index (Phi) is 6.22. The number of anilines is 1. The molecule has 1 aliphatic rings. The zero-order valence-electron chi connectivity index (χ0n) is 16.9. The molecule has 3 rings (SSSR count). The lowest BCUT2D eigenvalue weighted by Gasteiger charge is -2.16. The van der Waals surface area contributed by atoms with Gasteiger partial charge in [-0.15, -0.1) is 0 Å². The average Bonchev–Trinajstić information content (AvgIpc) is 3.11. The average molecular weight is 395 g/mol. The number of fused-ring (bicyclic) bond motifs is 1. The van der Waals surface area contributed by atoms with Crippen molar-refractivity contribution in [3.63, 3.8) is 0 Å². The predicted molar refractivity (Wildman–Crippen MR) is 110 cm³/mol. The van der Waals surface area contributed by atoms with E-state index in [1.807, 2.05) is 38.1 Å². The second-order valence-electron chi connectivity index (χ2n) is 7.02. The lowest BCUT2D eigenvalue weighted by molar-refractivity contribution is -0.134. The monoisotopic (exact) mass is 395 g/mol. The normalized spacial score (nSPS) is 13.1. The molecule has 0 fully saturated rings. The number of carbonyl (C=O) groups is 2. The molecule has 0 radical (unpaired) electrons. The highest BCUT2D eigenvalue weighted by Gasteiger charge is 2.30. The topological polar surface area (TPSA) is 87.9 Å². The standard InChI is InChI=1S/C23H25NO5/c1-14(10-12-19(25)29-16-7-5-4-6-8-16)9-11-17-21(24)20-18(13-28-23(20)26)15(2)22(17)27-3/h4-9H,10-13,24H2,1-3H3. The highest BCUT2D eigenvalue weighted by atomic mass is 16.5. The number of allylic oxidation sites excluding steroid dienone is 2. The summed E-state index contributed by atoms with van der Waals surface area (Å²) in [5.74, 6) is 0.537. The lowest BCUT2D eigenvalue weighted by Crippen LogP contribution is -2.09. The van der Waals surface area contributed by atoms with Crippen molar-refractivity contribution in [2.24, 2.45) is 0 Å². The van der Waals surface area contributed by atoms with E-state index in [2.05, 4.69) is 0 Å². The van der Waals surface area contributed by atoms with E-state index in [-0.39, 0.29) is 19.0 Å². The fourth-order valence-corrected chi connectivity index (χ4v) is 3.44. The Hall–Kier alpha value is -3.28. The molecule has 0 saturated carbocycles. The summed E-state index contributed by atoms with van der Waals surface area (Å²) in [6.07, 6.45) is 3.34. The van der Waals surface area contributed by atoms with Gasteiger partial charge < -0.3 is 19.9 Å². The van der Waals surface area contributed by atoms with E-state index in [0.29, 0.717) is 35.6 Å². The number of nitrogen functional groups attached to an aromatic ring is 1. The van der Waals surface area contributed by atoms with E-state index < -0.39 is 5.97 Å². The van der Waals surface area contributed by atoms with Gasteiger partial charge in [0.05, 0.1) is 18.4 Å². The van der Waals surface area contributed by atoms with Crippen molar-refractivity contribution in [2.45, 2.75) is 39.7 Å². The molecule has 1 heterocycles. The maximum absolute atomic E-state index is 12.0. The molecule has 0 aliphatic carbocycles. The van der Waals surface area contributed by atoms with Crippen LogP contribution in [0.2, 0.25) is 0 Å². The van der Waals surface area contributed by atoms with Gasteiger partial charge in [-0.05, 0) is 44.4 Å². The van der Waals surface area contributed by atoms with Crippen LogP contribution in [0.5, 0.6) is 11.5 Å². The molecule has 0 amide bonds. The minimum absolute atomic E-state index is 0.221. The van der Waals surface area contributed by atoms with Gasteiger partial charge in [0.2, 0.25) is 0 Å². The molecule has 152 valence electrons. The summed E-state index contributed by atoms with van der Waals surface area (Å²) in [4.78, 5) is 24.1. The van der Waals surface area contributed by atoms with Gasteiger partial charge in [0, 0.05) is 17.5 Å². The van der Waals surface area contributed by atoms with E-state index in [1.54, 1.807) is 19.2 Å². The van der Waals surface area contributed by atoms with Crippen LogP contribution in [0.25, 0.3) is 0 Å². The van der Waals surface area contributed by atoms with Crippen LogP contribution in [-0.4, -0.2) is 19.0 Å². The third-order valence-electron chi connectivity index (χ3n) is 5.07. The summed E-state index contributed by atoms with van der Waals surface area (Å²) in [5.41, 5.74) is 10.6. The van der Waals surface area contributed by atoms with E-state index in [0.717, 1.165) is 22.3 Å². The number of methoxy groups -OCH3 is 1. The summed E-state index contributed by atoms with van der Waals surface area (Å²) in [6.45, 7) is 4.07. The number of nitrogens with two attached hydrogens (primary N) is 1. The van der Waals surface area contributed by atoms with Crippen molar-refractivity contribution >= 4 is 17.6 Å². The lowest BCUT2D eigenvalue weighted by atomic mass is 9.94. The number of hydrogen-bond acceptors (Lipinski definition) is 6. The summed E-state index contributed by atoms with van der Waals surface area (Å²) >= 11 is 0. The predicted octanol–water partition coefficient (Wildman–Crippen LogP) is 4.13. The number of benzene rings is 2. The molecule has 29 heavy (non-hydrogen) atoms. The second kappa shape index (κ2) is 8.82.